The van der Waals surface area contributed by atoms with Gasteiger partial charge in [-0.2, -0.15) is 0 Å². The van der Waals surface area contributed by atoms with Crippen LogP contribution in [-0.4, -0.2) is 10.9 Å². The van der Waals surface area contributed by atoms with Gasteiger partial charge in [0.2, 0.25) is 0 Å². The SMILES string of the molecule is CC(C)Cc1c(O)cccc1C(=O)c1ccccc1. The van der Waals surface area contributed by atoms with Crippen molar-refractivity contribution in [3.05, 3.63) is 65.2 Å². The molecule has 0 radical (unpaired) electrons. The van der Waals surface area contributed by atoms with Crippen LogP contribution in [-0.2, 0) is 6.42 Å². The molecule has 2 rings (SSSR count). The molecule has 2 aromatic carbocycles. The number of phenolic OH excluding ortho intramolecular Hbond substituents is 1. The second-order valence-corrected chi connectivity index (χ2v) is 5.10. The second-order valence-electron chi connectivity index (χ2n) is 5.10. The number of rotatable bonds is 4. The molecule has 98 valence electrons. The molecule has 0 atom stereocenters. The first kappa shape index (κ1) is 13.3. The van der Waals surface area contributed by atoms with Crippen LogP contribution in [0, 0.1) is 5.92 Å². The third-order valence-corrected chi connectivity index (χ3v) is 3.04. The maximum absolute atomic E-state index is 12.5. The Labute approximate surface area is 113 Å². The lowest BCUT2D eigenvalue weighted by molar-refractivity contribution is 0.103. The van der Waals surface area contributed by atoms with Gasteiger partial charge in [-0.15, -0.1) is 0 Å². The molecule has 2 aromatic rings. The van der Waals surface area contributed by atoms with Gasteiger partial charge in [0, 0.05) is 16.7 Å². The van der Waals surface area contributed by atoms with Gasteiger partial charge in [-0.1, -0.05) is 56.3 Å². The van der Waals surface area contributed by atoms with E-state index in [1.807, 2.05) is 18.2 Å². The van der Waals surface area contributed by atoms with Crippen molar-refractivity contribution >= 4 is 5.78 Å². The molecule has 0 saturated carbocycles. The largest absolute Gasteiger partial charge is 0.508 e. The first-order valence-corrected chi connectivity index (χ1v) is 6.50. The van der Waals surface area contributed by atoms with Crippen molar-refractivity contribution in [2.75, 3.05) is 0 Å². The molecule has 0 aliphatic rings. The summed E-state index contributed by atoms with van der Waals surface area (Å²) in [5, 5.41) is 9.98. The van der Waals surface area contributed by atoms with E-state index in [-0.39, 0.29) is 11.5 Å². The average molecular weight is 254 g/mol. The molecule has 2 heteroatoms. The predicted octanol–water partition coefficient (Wildman–Crippen LogP) is 3.82. The summed E-state index contributed by atoms with van der Waals surface area (Å²) in [4.78, 5) is 12.5. The van der Waals surface area contributed by atoms with Gasteiger partial charge in [0.15, 0.2) is 5.78 Å². The van der Waals surface area contributed by atoms with E-state index in [1.165, 1.54) is 0 Å². The topological polar surface area (TPSA) is 37.3 Å². The lowest BCUT2D eigenvalue weighted by atomic mass is 9.92. The van der Waals surface area contributed by atoms with Crippen molar-refractivity contribution in [1.82, 2.24) is 0 Å². The fraction of sp³-hybridized carbons (Fsp3) is 0.235. The van der Waals surface area contributed by atoms with E-state index in [0.29, 0.717) is 23.5 Å². The van der Waals surface area contributed by atoms with Gasteiger partial charge in [-0.25, -0.2) is 0 Å². The van der Waals surface area contributed by atoms with Gasteiger partial charge in [-0.3, -0.25) is 4.79 Å². The Kier molecular flexibility index (Phi) is 4.00. The maximum atomic E-state index is 12.5. The third-order valence-electron chi connectivity index (χ3n) is 3.04. The van der Waals surface area contributed by atoms with Crippen molar-refractivity contribution in [2.45, 2.75) is 20.3 Å². The minimum atomic E-state index is -0.0350. The number of hydrogen-bond donors (Lipinski definition) is 1. The number of aromatic hydroxyl groups is 1. The van der Waals surface area contributed by atoms with Gasteiger partial charge in [0.05, 0.1) is 0 Å². The molecule has 0 saturated heterocycles. The van der Waals surface area contributed by atoms with Crippen LogP contribution >= 0.6 is 0 Å². The Morgan fingerprint density at radius 2 is 1.74 bits per heavy atom. The lowest BCUT2D eigenvalue weighted by Gasteiger charge is -2.12. The fourth-order valence-electron chi connectivity index (χ4n) is 2.16. The molecule has 0 spiro atoms. The summed E-state index contributed by atoms with van der Waals surface area (Å²) in [7, 11) is 0. The highest BCUT2D eigenvalue weighted by Crippen LogP contribution is 2.26. The maximum Gasteiger partial charge on any atom is 0.193 e. The van der Waals surface area contributed by atoms with Crippen molar-refractivity contribution in [3.8, 4) is 5.75 Å². The van der Waals surface area contributed by atoms with Gasteiger partial charge in [0.25, 0.3) is 0 Å². The quantitative estimate of drug-likeness (QED) is 0.842. The fourth-order valence-corrected chi connectivity index (χ4v) is 2.16. The summed E-state index contributed by atoms with van der Waals surface area (Å²) in [6, 6.07) is 14.3. The molecular weight excluding hydrogens is 236 g/mol. The van der Waals surface area contributed by atoms with Crippen molar-refractivity contribution in [2.24, 2.45) is 5.92 Å². The standard InChI is InChI=1S/C17H18O2/c1-12(2)11-15-14(9-6-10-16(15)18)17(19)13-7-4-3-5-8-13/h3-10,12,18H,11H2,1-2H3. The average Bonchev–Trinajstić information content (AvgIpc) is 2.41. The second kappa shape index (κ2) is 5.70. The molecular formula is C17H18O2. The monoisotopic (exact) mass is 254 g/mol. The van der Waals surface area contributed by atoms with Crippen LogP contribution in [0.1, 0.15) is 35.3 Å². The highest BCUT2D eigenvalue weighted by molar-refractivity contribution is 6.10. The van der Waals surface area contributed by atoms with Gasteiger partial charge >= 0.3 is 0 Å². The van der Waals surface area contributed by atoms with E-state index in [1.54, 1.807) is 30.3 Å². The summed E-state index contributed by atoms with van der Waals surface area (Å²) >= 11 is 0. The number of carbonyl (C=O) groups excluding carboxylic acids is 1. The van der Waals surface area contributed by atoms with Crippen LogP contribution in [0.3, 0.4) is 0 Å². The zero-order valence-corrected chi connectivity index (χ0v) is 11.3. The van der Waals surface area contributed by atoms with Crippen LogP contribution < -0.4 is 0 Å². The third kappa shape index (κ3) is 3.02. The molecule has 19 heavy (non-hydrogen) atoms. The zero-order valence-electron chi connectivity index (χ0n) is 11.3. The molecule has 1 N–H and O–H groups in total. The van der Waals surface area contributed by atoms with E-state index >= 15 is 0 Å². The Hall–Kier alpha value is -2.09. The molecule has 0 aliphatic carbocycles. The van der Waals surface area contributed by atoms with Crippen molar-refractivity contribution in [3.63, 3.8) is 0 Å². The van der Waals surface area contributed by atoms with E-state index in [4.69, 9.17) is 0 Å². The number of carbonyl (C=O) groups is 1. The Balaban J connectivity index is 2.45. The van der Waals surface area contributed by atoms with E-state index in [2.05, 4.69) is 13.8 Å². The molecule has 2 nitrogen and oxygen atoms in total. The number of hydrogen-bond acceptors (Lipinski definition) is 2. The number of phenols is 1. The minimum absolute atomic E-state index is 0.0350. The zero-order chi connectivity index (χ0) is 13.8. The summed E-state index contributed by atoms with van der Waals surface area (Å²) in [6.45, 7) is 4.15. The Bertz CT molecular complexity index is 571. The van der Waals surface area contributed by atoms with Crippen LogP contribution in [0.2, 0.25) is 0 Å². The van der Waals surface area contributed by atoms with E-state index in [0.717, 1.165) is 5.56 Å². The van der Waals surface area contributed by atoms with Crippen LogP contribution in [0.25, 0.3) is 0 Å². The van der Waals surface area contributed by atoms with E-state index < -0.39 is 0 Å². The number of ketones is 1. The summed E-state index contributed by atoms with van der Waals surface area (Å²) in [5.74, 6) is 0.554. The molecule has 0 heterocycles. The van der Waals surface area contributed by atoms with Gasteiger partial charge < -0.3 is 5.11 Å². The van der Waals surface area contributed by atoms with Crippen molar-refractivity contribution in [1.29, 1.82) is 0 Å². The first-order chi connectivity index (χ1) is 9.09. The summed E-state index contributed by atoms with van der Waals surface area (Å²) < 4.78 is 0. The molecule has 0 unspecified atom stereocenters. The lowest BCUT2D eigenvalue weighted by Crippen LogP contribution is -2.07. The highest BCUT2D eigenvalue weighted by Gasteiger charge is 2.16. The predicted molar refractivity (Wildman–Crippen MR) is 76.5 cm³/mol. The minimum Gasteiger partial charge on any atom is -0.508 e. The molecule has 0 bridgehead atoms. The number of benzene rings is 2. The summed E-state index contributed by atoms with van der Waals surface area (Å²) in [6.07, 6.45) is 0.695. The van der Waals surface area contributed by atoms with Gasteiger partial charge in [0.1, 0.15) is 5.75 Å². The summed E-state index contributed by atoms with van der Waals surface area (Å²) in [5.41, 5.74) is 1.99. The normalized spacial score (nSPS) is 10.7. The van der Waals surface area contributed by atoms with Crippen LogP contribution in [0.5, 0.6) is 5.75 Å². The van der Waals surface area contributed by atoms with E-state index in [9.17, 15) is 9.90 Å². The van der Waals surface area contributed by atoms with Crippen LogP contribution in [0.15, 0.2) is 48.5 Å². The smallest absolute Gasteiger partial charge is 0.193 e. The first-order valence-electron chi connectivity index (χ1n) is 6.50. The van der Waals surface area contributed by atoms with Gasteiger partial charge in [-0.05, 0) is 18.4 Å². The van der Waals surface area contributed by atoms with Crippen molar-refractivity contribution < 1.29 is 9.90 Å². The molecule has 0 aliphatic heterocycles. The molecule has 0 aromatic heterocycles. The molecule has 0 amide bonds. The Morgan fingerprint density at radius 1 is 1.05 bits per heavy atom. The Morgan fingerprint density at radius 3 is 2.37 bits per heavy atom. The highest BCUT2D eigenvalue weighted by atomic mass is 16.3. The molecule has 0 fully saturated rings. The van der Waals surface area contributed by atoms with Crippen LogP contribution in [0.4, 0.5) is 0 Å².